The average molecular weight is 244 g/mol. The van der Waals surface area contributed by atoms with E-state index in [0.29, 0.717) is 10.6 Å². The lowest BCUT2D eigenvalue weighted by Crippen LogP contribution is -1.95. The van der Waals surface area contributed by atoms with Crippen LogP contribution in [0.2, 0.25) is 5.02 Å². The maximum atomic E-state index is 11.7. The normalized spacial score (nSPS) is 10.6. The second-order valence-electron chi connectivity index (χ2n) is 3.45. The van der Waals surface area contributed by atoms with Crippen molar-refractivity contribution in [2.45, 2.75) is 0 Å². The largest absolute Gasteiger partial charge is 0.276 e. The van der Waals surface area contributed by atoms with Crippen molar-refractivity contribution < 1.29 is 4.79 Å². The van der Waals surface area contributed by atoms with E-state index in [4.69, 9.17) is 11.6 Å². The zero-order chi connectivity index (χ0) is 12.1. The highest BCUT2D eigenvalue weighted by atomic mass is 35.5. The molecule has 2 nitrogen and oxygen atoms in total. The third-order valence-electron chi connectivity index (χ3n) is 2.25. The van der Waals surface area contributed by atoms with E-state index in [2.05, 4.69) is 4.99 Å². The van der Waals surface area contributed by atoms with E-state index in [1.807, 2.05) is 24.3 Å². The molecule has 0 aliphatic carbocycles. The van der Waals surface area contributed by atoms with Gasteiger partial charge in [0.2, 0.25) is 0 Å². The molecule has 0 saturated carbocycles. The first-order valence-corrected chi connectivity index (χ1v) is 5.53. The minimum Gasteiger partial charge on any atom is -0.267 e. The van der Waals surface area contributed by atoms with E-state index in [-0.39, 0.29) is 5.91 Å². The summed E-state index contributed by atoms with van der Waals surface area (Å²) < 4.78 is 0. The first kappa shape index (κ1) is 11.6. The van der Waals surface area contributed by atoms with Crippen molar-refractivity contribution in [3.63, 3.8) is 0 Å². The summed E-state index contributed by atoms with van der Waals surface area (Å²) >= 11 is 5.95. The number of nitrogens with zero attached hydrogens (tertiary/aromatic N) is 1. The van der Waals surface area contributed by atoms with Crippen LogP contribution in [0.25, 0.3) is 0 Å². The lowest BCUT2D eigenvalue weighted by molar-refractivity contribution is 0.100. The second kappa shape index (κ2) is 5.41. The fourth-order valence-electron chi connectivity index (χ4n) is 1.36. The van der Waals surface area contributed by atoms with Gasteiger partial charge in [0, 0.05) is 22.4 Å². The molecular weight excluding hydrogens is 234 g/mol. The van der Waals surface area contributed by atoms with E-state index in [1.165, 1.54) is 6.21 Å². The molecule has 1 amide bonds. The molecule has 0 N–H and O–H groups in total. The van der Waals surface area contributed by atoms with Gasteiger partial charge < -0.3 is 0 Å². The van der Waals surface area contributed by atoms with E-state index in [1.54, 1.807) is 30.3 Å². The Kier molecular flexibility index (Phi) is 3.68. The molecule has 0 radical (unpaired) electrons. The summed E-state index contributed by atoms with van der Waals surface area (Å²) in [7, 11) is 0. The van der Waals surface area contributed by atoms with Gasteiger partial charge in [-0.1, -0.05) is 48.0 Å². The highest BCUT2D eigenvalue weighted by molar-refractivity contribution is 6.33. The van der Waals surface area contributed by atoms with Gasteiger partial charge in [-0.2, -0.15) is 0 Å². The van der Waals surface area contributed by atoms with Gasteiger partial charge in [0.05, 0.1) is 0 Å². The zero-order valence-corrected chi connectivity index (χ0v) is 9.76. The van der Waals surface area contributed by atoms with Gasteiger partial charge in [-0.3, -0.25) is 4.79 Å². The van der Waals surface area contributed by atoms with E-state index in [9.17, 15) is 4.79 Å². The third-order valence-corrected chi connectivity index (χ3v) is 2.59. The maximum absolute atomic E-state index is 11.7. The lowest BCUT2D eigenvalue weighted by Gasteiger charge is -1.96. The van der Waals surface area contributed by atoms with Crippen LogP contribution in [0.1, 0.15) is 15.9 Å². The van der Waals surface area contributed by atoms with Crippen molar-refractivity contribution >= 4 is 23.7 Å². The Morgan fingerprint density at radius 1 is 1.00 bits per heavy atom. The van der Waals surface area contributed by atoms with Gasteiger partial charge in [-0.25, -0.2) is 4.99 Å². The Labute approximate surface area is 105 Å². The number of carbonyl (C=O) groups excluding carboxylic acids is 1. The molecule has 2 rings (SSSR count). The summed E-state index contributed by atoms with van der Waals surface area (Å²) in [5, 5.41) is 0.581. The van der Waals surface area contributed by atoms with Crippen molar-refractivity contribution in [1.82, 2.24) is 0 Å². The maximum Gasteiger partial charge on any atom is 0.276 e. The molecule has 2 aromatic carbocycles. The fraction of sp³-hybridized carbons (Fsp3) is 0. The van der Waals surface area contributed by atoms with Crippen molar-refractivity contribution in [3.8, 4) is 0 Å². The number of halogens is 1. The monoisotopic (exact) mass is 243 g/mol. The first-order valence-electron chi connectivity index (χ1n) is 5.15. The molecule has 0 bridgehead atoms. The van der Waals surface area contributed by atoms with Crippen LogP contribution in [0.15, 0.2) is 59.6 Å². The summed E-state index contributed by atoms with van der Waals surface area (Å²) in [5.74, 6) is -0.273. The summed E-state index contributed by atoms with van der Waals surface area (Å²) in [6, 6.07) is 16.2. The van der Waals surface area contributed by atoms with E-state index in [0.717, 1.165) is 5.56 Å². The van der Waals surface area contributed by atoms with Crippen LogP contribution < -0.4 is 0 Å². The number of amides is 1. The minimum absolute atomic E-state index is 0.273. The molecule has 84 valence electrons. The van der Waals surface area contributed by atoms with Gasteiger partial charge >= 0.3 is 0 Å². The standard InChI is InChI=1S/C14H10ClNO/c15-13-9-5-4-8-12(13)10-16-14(17)11-6-2-1-3-7-11/h1-10H. The highest BCUT2D eigenvalue weighted by Crippen LogP contribution is 2.12. The number of aliphatic imine (C=N–C) groups is 1. The molecule has 0 aromatic heterocycles. The van der Waals surface area contributed by atoms with Gasteiger partial charge in [0.15, 0.2) is 0 Å². The van der Waals surface area contributed by atoms with Crippen LogP contribution in [-0.2, 0) is 0 Å². The number of hydrogen-bond acceptors (Lipinski definition) is 1. The molecule has 0 spiro atoms. The Morgan fingerprint density at radius 2 is 1.65 bits per heavy atom. The molecule has 0 saturated heterocycles. The Hall–Kier alpha value is -1.93. The van der Waals surface area contributed by atoms with Crippen molar-refractivity contribution in [2.75, 3.05) is 0 Å². The summed E-state index contributed by atoms with van der Waals surface area (Å²) in [6.45, 7) is 0. The van der Waals surface area contributed by atoms with Crippen LogP contribution in [0.5, 0.6) is 0 Å². The van der Waals surface area contributed by atoms with Crippen LogP contribution in [-0.4, -0.2) is 12.1 Å². The summed E-state index contributed by atoms with van der Waals surface area (Å²) in [6.07, 6.45) is 1.48. The molecule has 2 aromatic rings. The molecule has 3 heteroatoms. The zero-order valence-electron chi connectivity index (χ0n) is 9.01. The predicted molar refractivity (Wildman–Crippen MR) is 69.8 cm³/mol. The van der Waals surface area contributed by atoms with Gasteiger partial charge in [0.25, 0.3) is 5.91 Å². The quantitative estimate of drug-likeness (QED) is 0.741. The summed E-state index contributed by atoms with van der Waals surface area (Å²) in [5.41, 5.74) is 1.30. The molecule has 0 unspecified atom stereocenters. The molecule has 17 heavy (non-hydrogen) atoms. The van der Waals surface area contributed by atoms with E-state index < -0.39 is 0 Å². The van der Waals surface area contributed by atoms with Crippen LogP contribution >= 0.6 is 11.6 Å². The Balaban J connectivity index is 2.17. The number of benzene rings is 2. The first-order chi connectivity index (χ1) is 8.27. The molecule has 0 fully saturated rings. The lowest BCUT2D eigenvalue weighted by atomic mass is 10.2. The third kappa shape index (κ3) is 3.02. The Morgan fingerprint density at radius 3 is 2.35 bits per heavy atom. The molecule has 0 atom stereocenters. The Bertz CT molecular complexity index is 549. The smallest absolute Gasteiger partial charge is 0.267 e. The number of carbonyl (C=O) groups is 1. The number of hydrogen-bond donors (Lipinski definition) is 0. The van der Waals surface area contributed by atoms with Gasteiger partial charge in [0.1, 0.15) is 0 Å². The van der Waals surface area contributed by atoms with Crippen LogP contribution in [0.4, 0.5) is 0 Å². The number of rotatable bonds is 2. The van der Waals surface area contributed by atoms with E-state index >= 15 is 0 Å². The molecular formula is C14H10ClNO. The average Bonchev–Trinajstić information content (AvgIpc) is 2.38. The molecule has 0 aliphatic rings. The van der Waals surface area contributed by atoms with Crippen LogP contribution in [0.3, 0.4) is 0 Å². The predicted octanol–water partition coefficient (Wildman–Crippen LogP) is 3.60. The molecule has 0 aliphatic heterocycles. The molecule has 0 heterocycles. The second-order valence-corrected chi connectivity index (χ2v) is 3.86. The van der Waals surface area contributed by atoms with Gasteiger partial charge in [-0.05, 0) is 18.2 Å². The fourth-order valence-corrected chi connectivity index (χ4v) is 1.55. The van der Waals surface area contributed by atoms with Crippen molar-refractivity contribution in [2.24, 2.45) is 4.99 Å². The summed E-state index contributed by atoms with van der Waals surface area (Å²) in [4.78, 5) is 15.6. The van der Waals surface area contributed by atoms with Gasteiger partial charge in [-0.15, -0.1) is 0 Å². The van der Waals surface area contributed by atoms with Crippen molar-refractivity contribution in [3.05, 3.63) is 70.7 Å². The van der Waals surface area contributed by atoms with Crippen molar-refractivity contribution in [1.29, 1.82) is 0 Å². The topological polar surface area (TPSA) is 29.4 Å². The SMILES string of the molecule is O=C(N=Cc1ccccc1Cl)c1ccccc1. The minimum atomic E-state index is -0.273. The highest BCUT2D eigenvalue weighted by Gasteiger charge is 2.01. The van der Waals surface area contributed by atoms with Crippen LogP contribution in [0, 0.1) is 0 Å².